The molecule has 0 amide bonds. The first-order chi connectivity index (χ1) is 26.5. The summed E-state index contributed by atoms with van der Waals surface area (Å²) in [5, 5.41) is 0. The van der Waals surface area contributed by atoms with E-state index in [-0.39, 0.29) is 24.1 Å². The molecule has 2 atom stereocenters. The van der Waals surface area contributed by atoms with Gasteiger partial charge in [0.25, 0.3) is 0 Å². The van der Waals surface area contributed by atoms with Gasteiger partial charge >= 0.3 is 11.9 Å². The minimum absolute atomic E-state index is 0.0520. The van der Waals surface area contributed by atoms with Crippen molar-refractivity contribution in [3.63, 3.8) is 0 Å². The van der Waals surface area contributed by atoms with Gasteiger partial charge in [-0.3, -0.25) is 9.59 Å². The van der Waals surface area contributed by atoms with Crippen molar-refractivity contribution in [3.8, 4) is 0 Å². The van der Waals surface area contributed by atoms with Crippen LogP contribution in [0.1, 0.15) is 214 Å². The van der Waals surface area contributed by atoms with Crippen molar-refractivity contribution in [2.24, 2.45) is 0 Å². The third-order valence-corrected chi connectivity index (χ3v) is 10.4. The first-order valence-electron chi connectivity index (χ1n) is 23.3. The largest absolute Gasteiger partial charge is 0.462 e. The Kier molecular flexibility index (Phi) is 41.9. The first-order valence-corrected chi connectivity index (χ1v) is 23.3. The van der Waals surface area contributed by atoms with Crippen LogP contribution in [0, 0.1) is 0 Å². The molecule has 0 fully saturated rings. The van der Waals surface area contributed by atoms with Crippen LogP contribution in [0.4, 0.5) is 0 Å². The SMILES string of the molecule is CCCCCCCCC(CCCCCC)OC(=O)CCOCCCN(CCCOC)CCCOCCC(=O)OC(CCCCCC)CCCCCCCC. The zero-order chi connectivity index (χ0) is 39.6. The third-order valence-electron chi connectivity index (χ3n) is 10.4. The van der Waals surface area contributed by atoms with Crippen LogP contribution >= 0.6 is 0 Å². The van der Waals surface area contributed by atoms with E-state index in [1.165, 1.54) is 103 Å². The highest BCUT2D eigenvalue weighted by Gasteiger charge is 2.16. The van der Waals surface area contributed by atoms with Crippen LogP contribution in [-0.2, 0) is 33.3 Å². The Hall–Kier alpha value is -1.22. The van der Waals surface area contributed by atoms with Gasteiger partial charge in [-0.1, -0.05) is 130 Å². The molecule has 8 nitrogen and oxygen atoms in total. The number of esters is 2. The molecule has 2 unspecified atom stereocenters. The van der Waals surface area contributed by atoms with Gasteiger partial charge in [0, 0.05) is 46.6 Å². The molecule has 0 aliphatic heterocycles. The van der Waals surface area contributed by atoms with E-state index in [0.29, 0.717) is 39.3 Å². The Labute approximate surface area is 335 Å². The van der Waals surface area contributed by atoms with E-state index in [2.05, 4.69) is 32.6 Å². The standard InChI is InChI=1S/C46H91NO7/c1-6-10-14-18-20-24-31-43(29-22-16-12-8-3)53-45(48)33-41-51-39-27-36-47(35-26-38-50-5)37-28-40-52-42-34-46(49)54-44(30-23-17-13-9-4)32-25-21-19-15-11-7-2/h43-44H,6-42H2,1-5H3. The average Bonchev–Trinajstić information content (AvgIpc) is 3.16. The van der Waals surface area contributed by atoms with Crippen LogP contribution in [0.3, 0.4) is 0 Å². The lowest BCUT2D eigenvalue weighted by Gasteiger charge is -2.22. The molecule has 0 saturated heterocycles. The topological polar surface area (TPSA) is 83.5 Å². The summed E-state index contributed by atoms with van der Waals surface area (Å²) in [5.41, 5.74) is 0. The zero-order valence-corrected chi connectivity index (χ0v) is 36.6. The maximum atomic E-state index is 12.7. The average molecular weight is 770 g/mol. The van der Waals surface area contributed by atoms with Gasteiger partial charge in [0.15, 0.2) is 0 Å². The van der Waals surface area contributed by atoms with E-state index in [4.69, 9.17) is 23.7 Å². The van der Waals surface area contributed by atoms with Gasteiger partial charge in [0.05, 0.1) is 26.1 Å². The molecule has 0 aromatic heterocycles. The summed E-state index contributed by atoms with van der Waals surface area (Å²) in [6.07, 6.45) is 32.2. The molecule has 0 aromatic rings. The smallest absolute Gasteiger partial charge is 0.308 e. The highest BCUT2D eigenvalue weighted by atomic mass is 16.6. The molecule has 322 valence electrons. The van der Waals surface area contributed by atoms with Gasteiger partial charge in [0.2, 0.25) is 0 Å². The van der Waals surface area contributed by atoms with E-state index in [1.807, 2.05) is 0 Å². The second kappa shape index (κ2) is 42.9. The number of rotatable bonds is 44. The maximum Gasteiger partial charge on any atom is 0.308 e. The Morgan fingerprint density at radius 3 is 1.07 bits per heavy atom. The minimum Gasteiger partial charge on any atom is -0.462 e. The second-order valence-corrected chi connectivity index (χ2v) is 15.7. The van der Waals surface area contributed by atoms with Crippen LogP contribution in [0.15, 0.2) is 0 Å². The number of ether oxygens (including phenoxy) is 5. The van der Waals surface area contributed by atoms with Gasteiger partial charge in [-0.15, -0.1) is 0 Å². The molecule has 0 N–H and O–H groups in total. The van der Waals surface area contributed by atoms with Crippen molar-refractivity contribution >= 4 is 11.9 Å². The predicted molar refractivity (Wildman–Crippen MR) is 226 cm³/mol. The van der Waals surface area contributed by atoms with Crippen molar-refractivity contribution in [1.82, 2.24) is 4.90 Å². The number of nitrogens with zero attached hydrogens (tertiary/aromatic N) is 1. The van der Waals surface area contributed by atoms with Gasteiger partial charge in [-0.05, 0) is 70.6 Å². The van der Waals surface area contributed by atoms with Crippen molar-refractivity contribution in [2.75, 3.05) is 59.8 Å². The van der Waals surface area contributed by atoms with E-state index in [1.54, 1.807) is 7.11 Å². The molecular weight excluding hydrogens is 679 g/mol. The number of carbonyl (C=O) groups is 2. The Bertz CT molecular complexity index is 724. The molecule has 0 aliphatic rings. The van der Waals surface area contributed by atoms with E-state index in [0.717, 1.165) is 96.9 Å². The summed E-state index contributed by atoms with van der Waals surface area (Å²) < 4.78 is 28.9. The lowest BCUT2D eigenvalue weighted by Crippen LogP contribution is -2.29. The fraction of sp³-hybridized carbons (Fsp3) is 0.957. The molecule has 0 aromatic carbocycles. The van der Waals surface area contributed by atoms with Crippen LogP contribution in [0.5, 0.6) is 0 Å². The minimum atomic E-state index is -0.119. The molecule has 0 aliphatic carbocycles. The van der Waals surface area contributed by atoms with Gasteiger partial charge in [-0.2, -0.15) is 0 Å². The lowest BCUT2D eigenvalue weighted by atomic mass is 10.0. The number of unbranched alkanes of at least 4 members (excludes halogenated alkanes) is 16. The molecule has 8 heteroatoms. The Morgan fingerprint density at radius 2 is 0.722 bits per heavy atom. The van der Waals surface area contributed by atoms with E-state index >= 15 is 0 Å². The van der Waals surface area contributed by atoms with Crippen molar-refractivity contribution < 1.29 is 33.3 Å². The van der Waals surface area contributed by atoms with Crippen molar-refractivity contribution in [3.05, 3.63) is 0 Å². The van der Waals surface area contributed by atoms with E-state index in [9.17, 15) is 9.59 Å². The van der Waals surface area contributed by atoms with Crippen LogP contribution in [-0.4, -0.2) is 88.8 Å². The first kappa shape index (κ1) is 52.8. The number of hydrogen-bond donors (Lipinski definition) is 0. The lowest BCUT2D eigenvalue weighted by molar-refractivity contribution is -0.152. The molecule has 54 heavy (non-hydrogen) atoms. The third kappa shape index (κ3) is 37.7. The van der Waals surface area contributed by atoms with Gasteiger partial charge < -0.3 is 28.6 Å². The summed E-state index contributed by atoms with van der Waals surface area (Å²) in [7, 11) is 1.74. The second-order valence-electron chi connectivity index (χ2n) is 15.7. The van der Waals surface area contributed by atoms with Gasteiger partial charge in [-0.25, -0.2) is 0 Å². The molecular formula is C46H91NO7. The molecule has 0 rings (SSSR count). The maximum absolute atomic E-state index is 12.7. The summed E-state index contributed by atoms with van der Waals surface area (Å²) >= 11 is 0. The Balaban J connectivity index is 4.37. The predicted octanol–water partition coefficient (Wildman–Crippen LogP) is 12.2. The molecule has 0 spiro atoms. The normalized spacial score (nSPS) is 12.7. The van der Waals surface area contributed by atoms with Crippen LogP contribution in [0.25, 0.3) is 0 Å². The number of hydrogen-bond acceptors (Lipinski definition) is 8. The van der Waals surface area contributed by atoms with Crippen molar-refractivity contribution in [2.45, 2.75) is 226 Å². The van der Waals surface area contributed by atoms with Gasteiger partial charge in [0.1, 0.15) is 12.2 Å². The summed E-state index contributed by atoms with van der Waals surface area (Å²) in [5.74, 6) is -0.238. The molecule has 0 bridgehead atoms. The molecule has 0 saturated carbocycles. The van der Waals surface area contributed by atoms with Crippen LogP contribution < -0.4 is 0 Å². The quantitative estimate of drug-likeness (QED) is 0.0447. The Morgan fingerprint density at radius 1 is 0.407 bits per heavy atom. The summed E-state index contributed by atoms with van der Waals surface area (Å²) in [6.45, 7) is 14.6. The number of methoxy groups -OCH3 is 1. The summed E-state index contributed by atoms with van der Waals surface area (Å²) in [6, 6.07) is 0. The summed E-state index contributed by atoms with van der Waals surface area (Å²) in [4.78, 5) is 27.7. The monoisotopic (exact) mass is 770 g/mol. The molecule has 0 heterocycles. The van der Waals surface area contributed by atoms with Crippen molar-refractivity contribution in [1.29, 1.82) is 0 Å². The zero-order valence-electron chi connectivity index (χ0n) is 36.6. The molecule has 0 radical (unpaired) electrons. The number of carbonyl (C=O) groups excluding carboxylic acids is 2. The highest BCUT2D eigenvalue weighted by molar-refractivity contribution is 5.70. The fourth-order valence-electron chi connectivity index (χ4n) is 6.98. The van der Waals surface area contributed by atoms with E-state index < -0.39 is 0 Å². The van der Waals surface area contributed by atoms with Crippen LogP contribution in [0.2, 0.25) is 0 Å². The fourth-order valence-corrected chi connectivity index (χ4v) is 6.98. The highest BCUT2D eigenvalue weighted by Crippen LogP contribution is 2.18.